The lowest BCUT2D eigenvalue weighted by molar-refractivity contribution is -0.134. The Balaban J connectivity index is 1.50. The molecule has 0 saturated heterocycles. The normalized spacial score (nSPS) is 43.8. The number of aliphatic hydroxyl groups is 1. The Morgan fingerprint density at radius 1 is 1.07 bits per heavy atom. The smallest absolute Gasteiger partial charge is 0.159 e. The van der Waals surface area contributed by atoms with E-state index in [0.717, 1.165) is 18.3 Å². The quantitative estimate of drug-likeness (QED) is 0.547. The number of fused-ring (bicyclic) bond motifs is 5. The zero-order valence-electron chi connectivity index (χ0n) is 19.4. The minimum absolute atomic E-state index is 0.298. The number of ketones is 1. The van der Waals surface area contributed by atoms with Gasteiger partial charge in [0.25, 0.3) is 0 Å². The minimum atomic E-state index is 0.298. The Kier molecular flexibility index (Phi) is 6.06. The molecule has 0 aromatic carbocycles. The second kappa shape index (κ2) is 8.13. The highest BCUT2D eigenvalue weighted by Crippen LogP contribution is 2.66. The summed E-state index contributed by atoms with van der Waals surface area (Å²) < 4.78 is 0. The third-order valence-electron chi connectivity index (χ3n) is 10.3. The van der Waals surface area contributed by atoms with Crippen molar-refractivity contribution < 1.29 is 9.90 Å². The summed E-state index contributed by atoms with van der Waals surface area (Å²) in [7, 11) is 0. The summed E-state index contributed by atoms with van der Waals surface area (Å²) in [6.45, 7) is 9.99. The molecule has 164 valence electrons. The van der Waals surface area contributed by atoms with Gasteiger partial charge in [0.2, 0.25) is 0 Å². The van der Waals surface area contributed by atoms with Crippen molar-refractivity contribution in [1.82, 2.24) is 0 Å². The van der Waals surface area contributed by atoms with E-state index in [1.54, 1.807) is 0 Å². The SMILES string of the molecule is CC(CO)CCC[C@@H](C)[C@H]1CC[C@H]2[C@@H]3C(=O)C=C4CCCC[C@]4(C)[C@H]3CC[C@]12C. The zero-order valence-corrected chi connectivity index (χ0v) is 19.4. The molecule has 0 radical (unpaired) electrons. The monoisotopic (exact) mass is 400 g/mol. The minimum Gasteiger partial charge on any atom is -0.396 e. The first kappa shape index (κ1) is 21.6. The fraction of sp³-hybridized carbons (Fsp3) is 0.889. The molecule has 2 heteroatoms. The van der Waals surface area contributed by atoms with Crippen LogP contribution in [-0.2, 0) is 4.79 Å². The molecule has 3 saturated carbocycles. The molecule has 0 aromatic heterocycles. The number of carbonyl (C=O) groups excluding carboxylic acids is 1. The number of aliphatic hydroxyl groups excluding tert-OH is 1. The van der Waals surface area contributed by atoms with Gasteiger partial charge in [0.05, 0.1) is 0 Å². The third kappa shape index (κ3) is 3.56. The second-order valence-electron chi connectivity index (χ2n) is 11.9. The first-order chi connectivity index (χ1) is 13.8. The van der Waals surface area contributed by atoms with E-state index in [-0.39, 0.29) is 0 Å². The number of hydrogen-bond donors (Lipinski definition) is 1. The molecule has 4 aliphatic rings. The lowest BCUT2D eigenvalue weighted by Crippen LogP contribution is -2.53. The standard InChI is InChI=1S/C27H44O2/c1-18(17-28)8-7-9-19(2)21-11-12-22-25-23(13-15-27(21,22)4)26(3)14-6-5-10-20(26)16-24(25)29/h16,18-19,21-23,25,28H,5-15,17H2,1-4H3/t18?,19-,21-,22+,23+,25+,26+,27-/m1/s1. The van der Waals surface area contributed by atoms with Crippen LogP contribution in [0.15, 0.2) is 11.6 Å². The average Bonchev–Trinajstić information content (AvgIpc) is 3.05. The van der Waals surface area contributed by atoms with E-state index in [4.69, 9.17) is 0 Å². The topological polar surface area (TPSA) is 37.3 Å². The van der Waals surface area contributed by atoms with Crippen molar-refractivity contribution in [1.29, 1.82) is 0 Å². The Morgan fingerprint density at radius 2 is 1.86 bits per heavy atom. The molecule has 1 N–H and O–H groups in total. The van der Waals surface area contributed by atoms with Gasteiger partial charge in [0, 0.05) is 12.5 Å². The van der Waals surface area contributed by atoms with Crippen LogP contribution in [0.5, 0.6) is 0 Å². The second-order valence-corrected chi connectivity index (χ2v) is 11.9. The highest BCUT2D eigenvalue weighted by molar-refractivity contribution is 5.94. The largest absolute Gasteiger partial charge is 0.396 e. The van der Waals surface area contributed by atoms with Gasteiger partial charge in [-0.2, -0.15) is 0 Å². The van der Waals surface area contributed by atoms with E-state index < -0.39 is 0 Å². The molecule has 4 rings (SSSR count). The maximum atomic E-state index is 13.4. The van der Waals surface area contributed by atoms with Crippen LogP contribution in [0.25, 0.3) is 0 Å². The van der Waals surface area contributed by atoms with Gasteiger partial charge in [0.15, 0.2) is 5.78 Å². The summed E-state index contributed by atoms with van der Waals surface area (Å²) in [6.07, 6.45) is 16.1. The predicted molar refractivity (Wildman–Crippen MR) is 119 cm³/mol. The van der Waals surface area contributed by atoms with Gasteiger partial charge in [-0.1, -0.05) is 52.5 Å². The summed E-state index contributed by atoms with van der Waals surface area (Å²) in [5.74, 6) is 3.94. The van der Waals surface area contributed by atoms with E-state index >= 15 is 0 Å². The average molecular weight is 401 g/mol. The molecule has 4 aliphatic carbocycles. The fourth-order valence-corrected chi connectivity index (χ4v) is 8.49. The molecule has 29 heavy (non-hydrogen) atoms. The molecular weight excluding hydrogens is 356 g/mol. The molecule has 0 aliphatic heterocycles. The number of carbonyl (C=O) groups is 1. The summed E-state index contributed by atoms with van der Waals surface area (Å²) in [4.78, 5) is 13.4. The fourth-order valence-electron chi connectivity index (χ4n) is 8.49. The van der Waals surface area contributed by atoms with Crippen molar-refractivity contribution in [2.75, 3.05) is 6.61 Å². The lowest BCUT2D eigenvalue weighted by atomic mass is 9.47. The molecule has 2 nitrogen and oxygen atoms in total. The van der Waals surface area contributed by atoms with Crippen LogP contribution in [-0.4, -0.2) is 17.5 Å². The molecule has 3 fully saturated rings. The predicted octanol–water partition coefficient (Wildman–Crippen LogP) is 6.57. The number of allylic oxidation sites excluding steroid dienone is 2. The number of hydrogen-bond acceptors (Lipinski definition) is 2. The lowest BCUT2D eigenvalue weighted by Gasteiger charge is -2.57. The van der Waals surface area contributed by atoms with E-state index in [1.807, 2.05) is 0 Å². The first-order valence-electron chi connectivity index (χ1n) is 12.7. The van der Waals surface area contributed by atoms with Gasteiger partial charge in [0.1, 0.15) is 0 Å². The molecular formula is C27H44O2. The Labute approximate surface area is 178 Å². The van der Waals surface area contributed by atoms with Crippen LogP contribution < -0.4 is 0 Å². The molecule has 0 bridgehead atoms. The molecule has 0 heterocycles. The van der Waals surface area contributed by atoms with E-state index in [1.165, 1.54) is 69.8 Å². The first-order valence-corrected chi connectivity index (χ1v) is 12.7. The van der Waals surface area contributed by atoms with Gasteiger partial charge >= 0.3 is 0 Å². The highest BCUT2D eigenvalue weighted by atomic mass is 16.3. The molecule has 0 spiro atoms. The summed E-state index contributed by atoms with van der Waals surface area (Å²) in [6, 6.07) is 0. The van der Waals surface area contributed by atoms with Crippen LogP contribution >= 0.6 is 0 Å². The zero-order chi connectivity index (χ0) is 20.8. The van der Waals surface area contributed by atoms with E-state index in [0.29, 0.717) is 46.9 Å². The summed E-state index contributed by atoms with van der Waals surface area (Å²) in [5.41, 5.74) is 2.16. The van der Waals surface area contributed by atoms with Gasteiger partial charge in [-0.05, 0) is 97.9 Å². The van der Waals surface area contributed by atoms with Crippen molar-refractivity contribution in [2.24, 2.45) is 46.3 Å². The Morgan fingerprint density at radius 3 is 2.62 bits per heavy atom. The molecule has 1 unspecified atom stereocenters. The van der Waals surface area contributed by atoms with Crippen molar-refractivity contribution in [3.8, 4) is 0 Å². The third-order valence-corrected chi connectivity index (χ3v) is 10.3. The number of rotatable bonds is 6. The van der Waals surface area contributed by atoms with Crippen molar-refractivity contribution >= 4 is 5.78 Å². The molecule has 0 amide bonds. The van der Waals surface area contributed by atoms with E-state index in [9.17, 15) is 9.90 Å². The van der Waals surface area contributed by atoms with Crippen LogP contribution in [0.2, 0.25) is 0 Å². The summed E-state index contributed by atoms with van der Waals surface area (Å²) >= 11 is 0. The van der Waals surface area contributed by atoms with Gasteiger partial charge in [-0.25, -0.2) is 0 Å². The van der Waals surface area contributed by atoms with Gasteiger partial charge < -0.3 is 5.11 Å². The van der Waals surface area contributed by atoms with Gasteiger partial charge in [-0.3, -0.25) is 4.79 Å². The summed E-state index contributed by atoms with van der Waals surface area (Å²) in [5, 5.41) is 9.31. The maximum Gasteiger partial charge on any atom is 0.159 e. The van der Waals surface area contributed by atoms with Crippen LogP contribution in [0.4, 0.5) is 0 Å². The Bertz CT molecular complexity index is 651. The van der Waals surface area contributed by atoms with Crippen molar-refractivity contribution in [3.63, 3.8) is 0 Å². The Hall–Kier alpha value is -0.630. The van der Waals surface area contributed by atoms with Crippen LogP contribution in [0.1, 0.15) is 98.3 Å². The molecule has 8 atom stereocenters. The van der Waals surface area contributed by atoms with Crippen molar-refractivity contribution in [3.05, 3.63) is 11.6 Å². The van der Waals surface area contributed by atoms with Crippen LogP contribution in [0, 0.1) is 46.3 Å². The van der Waals surface area contributed by atoms with E-state index in [2.05, 4.69) is 33.8 Å². The van der Waals surface area contributed by atoms with Crippen LogP contribution in [0.3, 0.4) is 0 Å². The molecule has 0 aromatic rings. The highest BCUT2D eigenvalue weighted by Gasteiger charge is 2.60. The van der Waals surface area contributed by atoms with Gasteiger partial charge in [-0.15, -0.1) is 0 Å². The maximum absolute atomic E-state index is 13.4. The van der Waals surface area contributed by atoms with Crippen molar-refractivity contribution in [2.45, 2.75) is 98.3 Å².